The van der Waals surface area contributed by atoms with Gasteiger partial charge in [0.2, 0.25) is 5.91 Å². The molecule has 1 heterocycles. The Bertz CT molecular complexity index is 413. The van der Waals surface area contributed by atoms with Crippen LogP contribution in [0.15, 0.2) is 0 Å². The summed E-state index contributed by atoms with van der Waals surface area (Å²) in [6.45, 7) is 9.62. The molecule has 2 aliphatic rings. The third kappa shape index (κ3) is 4.62. The number of hydrogen-bond acceptors (Lipinski definition) is 2. The Labute approximate surface area is 134 Å². The summed E-state index contributed by atoms with van der Waals surface area (Å²) in [5, 5.41) is 5.96. The lowest BCUT2D eigenvalue weighted by molar-refractivity contribution is -0.140. The molecular weight excluding hydrogens is 278 g/mol. The molecule has 22 heavy (non-hydrogen) atoms. The second kappa shape index (κ2) is 6.88. The number of nitrogens with zero attached hydrogens (tertiary/aromatic N) is 1. The lowest BCUT2D eigenvalue weighted by Gasteiger charge is -2.39. The molecular formula is C17H31N3O2. The standard InChI is InChI=1S/C17H31N3O2/c1-12(18-16(22)19-17(2,3)4)14-9-6-10-20(11-14)15(21)13-7-5-8-13/h12-14H,5-11H2,1-4H3,(H2,18,19,22)/t12-,14+/m0/s1. The van der Waals surface area contributed by atoms with Gasteiger partial charge in [0, 0.05) is 30.6 Å². The molecule has 0 unspecified atom stereocenters. The number of amides is 3. The molecule has 0 aromatic carbocycles. The highest BCUT2D eigenvalue weighted by Gasteiger charge is 2.33. The molecule has 1 aliphatic carbocycles. The van der Waals surface area contributed by atoms with Crippen molar-refractivity contribution in [1.82, 2.24) is 15.5 Å². The van der Waals surface area contributed by atoms with Gasteiger partial charge < -0.3 is 15.5 Å². The first kappa shape index (κ1) is 17.1. The predicted molar refractivity (Wildman–Crippen MR) is 87.5 cm³/mol. The van der Waals surface area contributed by atoms with E-state index in [4.69, 9.17) is 0 Å². The van der Waals surface area contributed by atoms with Crippen molar-refractivity contribution < 1.29 is 9.59 Å². The van der Waals surface area contributed by atoms with Crippen LogP contribution < -0.4 is 10.6 Å². The van der Waals surface area contributed by atoms with E-state index in [0.29, 0.717) is 11.8 Å². The van der Waals surface area contributed by atoms with Gasteiger partial charge in [-0.15, -0.1) is 0 Å². The van der Waals surface area contributed by atoms with E-state index < -0.39 is 0 Å². The summed E-state index contributed by atoms with van der Waals surface area (Å²) >= 11 is 0. The number of carbonyl (C=O) groups excluding carboxylic acids is 2. The van der Waals surface area contributed by atoms with Crippen LogP contribution in [0.3, 0.4) is 0 Å². The third-order valence-electron chi connectivity index (χ3n) is 4.78. The van der Waals surface area contributed by atoms with Crippen LogP contribution in [0, 0.1) is 11.8 Å². The molecule has 1 saturated carbocycles. The Morgan fingerprint density at radius 3 is 2.36 bits per heavy atom. The second-order valence-electron chi connectivity index (χ2n) is 7.95. The summed E-state index contributed by atoms with van der Waals surface area (Å²) in [6.07, 6.45) is 5.42. The van der Waals surface area contributed by atoms with Crippen LogP contribution in [-0.4, -0.2) is 41.5 Å². The molecule has 126 valence electrons. The average molecular weight is 309 g/mol. The number of rotatable bonds is 3. The Hall–Kier alpha value is -1.26. The van der Waals surface area contributed by atoms with E-state index in [1.54, 1.807) is 0 Å². The highest BCUT2D eigenvalue weighted by molar-refractivity contribution is 5.79. The van der Waals surface area contributed by atoms with Crippen molar-refractivity contribution in [3.63, 3.8) is 0 Å². The topological polar surface area (TPSA) is 61.4 Å². The molecule has 2 rings (SSSR count). The number of likely N-dealkylation sites (tertiary alicyclic amines) is 1. The minimum atomic E-state index is -0.234. The highest BCUT2D eigenvalue weighted by Crippen LogP contribution is 2.30. The van der Waals surface area contributed by atoms with E-state index in [9.17, 15) is 9.59 Å². The van der Waals surface area contributed by atoms with Crippen molar-refractivity contribution in [2.24, 2.45) is 11.8 Å². The first-order chi connectivity index (χ1) is 10.3. The van der Waals surface area contributed by atoms with Gasteiger partial charge in [0.15, 0.2) is 0 Å². The molecule has 0 radical (unpaired) electrons. The molecule has 1 saturated heterocycles. The maximum Gasteiger partial charge on any atom is 0.315 e. The summed E-state index contributed by atoms with van der Waals surface area (Å²) in [4.78, 5) is 26.4. The van der Waals surface area contributed by atoms with Crippen LogP contribution in [0.2, 0.25) is 0 Å². The molecule has 0 aromatic heterocycles. The van der Waals surface area contributed by atoms with Crippen LogP contribution >= 0.6 is 0 Å². The van der Waals surface area contributed by atoms with E-state index in [-0.39, 0.29) is 23.5 Å². The molecule has 2 atom stereocenters. The SMILES string of the molecule is C[C@H](NC(=O)NC(C)(C)C)[C@@H]1CCCN(C(=O)C2CCC2)C1. The molecule has 2 N–H and O–H groups in total. The maximum atomic E-state index is 12.4. The zero-order valence-corrected chi connectivity index (χ0v) is 14.4. The zero-order valence-electron chi connectivity index (χ0n) is 14.4. The van der Waals surface area contributed by atoms with Crippen molar-refractivity contribution in [2.75, 3.05) is 13.1 Å². The Morgan fingerprint density at radius 2 is 1.82 bits per heavy atom. The van der Waals surface area contributed by atoms with Gasteiger partial charge >= 0.3 is 6.03 Å². The van der Waals surface area contributed by atoms with Gasteiger partial charge in [-0.05, 0) is 59.3 Å². The number of piperidine rings is 1. The fourth-order valence-electron chi connectivity index (χ4n) is 3.23. The van der Waals surface area contributed by atoms with Crippen LogP contribution in [0.5, 0.6) is 0 Å². The van der Waals surface area contributed by atoms with Gasteiger partial charge in [-0.2, -0.15) is 0 Å². The summed E-state index contributed by atoms with van der Waals surface area (Å²) in [5.41, 5.74) is -0.234. The first-order valence-electron chi connectivity index (χ1n) is 8.64. The Kier molecular flexibility index (Phi) is 5.35. The molecule has 5 nitrogen and oxygen atoms in total. The fraction of sp³-hybridized carbons (Fsp3) is 0.882. The smallest absolute Gasteiger partial charge is 0.315 e. The minimum Gasteiger partial charge on any atom is -0.342 e. The molecule has 2 fully saturated rings. The van der Waals surface area contributed by atoms with Crippen molar-refractivity contribution in [1.29, 1.82) is 0 Å². The molecule has 5 heteroatoms. The average Bonchev–Trinajstić information content (AvgIpc) is 2.34. The Balaban J connectivity index is 1.83. The van der Waals surface area contributed by atoms with Gasteiger partial charge in [-0.3, -0.25) is 4.79 Å². The van der Waals surface area contributed by atoms with Crippen LogP contribution in [0.25, 0.3) is 0 Å². The highest BCUT2D eigenvalue weighted by atomic mass is 16.2. The van der Waals surface area contributed by atoms with Crippen molar-refractivity contribution >= 4 is 11.9 Å². The number of carbonyl (C=O) groups is 2. The van der Waals surface area contributed by atoms with E-state index in [1.807, 2.05) is 32.6 Å². The number of hydrogen-bond donors (Lipinski definition) is 2. The third-order valence-corrected chi connectivity index (χ3v) is 4.78. The van der Waals surface area contributed by atoms with E-state index in [2.05, 4.69) is 10.6 Å². The molecule has 0 spiro atoms. The Morgan fingerprint density at radius 1 is 1.14 bits per heavy atom. The monoisotopic (exact) mass is 309 g/mol. The second-order valence-corrected chi connectivity index (χ2v) is 7.95. The quantitative estimate of drug-likeness (QED) is 0.841. The van der Waals surface area contributed by atoms with Crippen molar-refractivity contribution in [2.45, 2.75) is 71.4 Å². The lowest BCUT2D eigenvalue weighted by atomic mass is 9.83. The molecule has 0 aromatic rings. The van der Waals surface area contributed by atoms with Crippen LogP contribution in [-0.2, 0) is 4.79 Å². The van der Waals surface area contributed by atoms with Gasteiger partial charge in [0.05, 0.1) is 0 Å². The van der Waals surface area contributed by atoms with Crippen molar-refractivity contribution in [3.8, 4) is 0 Å². The summed E-state index contributed by atoms with van der Waals surface area (Å²) in [7, 11) is 0. The first-order valence-corrected chi connectivity index (χ1v) is 8.64. The van der Waals surface area contributed by atoms with Gasteiger partial charge in [-0.1, -0.05) is 6.42 Å². The molecule has 0 bridgehead atoms. The van der Waals surface area contributed by atoms with E-state index in [0.717, 1.165) is 38.8 Å². The summed E-state index contributed by atoms with van der Waals surface area (Å²) < 4.78 is 0. The van der Waals surface area contributed by atoms with E-state index >= 15 is 0 Å². The van der Waals surface area contributed by atoms with Gasteiger partial charge in [0.25, 0.3) is 0 Å². The predicted octanol–water partition coefficient (Wildman–Crippen LogP) is 2.51. The van der Waals surface area contributed by atoms with Crippen LogP contribution in [0.1, 0.15) is 59.8 Å². The maximum absolute atomic E-state index is 12.4. The minimum absolute atomic E-state index is 0.0827. The van der Waals surface area contributed by atoms with Gasteiger partial charge in [0.1, 0.15) is 0 Å². The lowest BCUT2D eigenvalue weighted by Crippen LogP contribution is -2.53. The molecule has 3 amide bonds. The summed E-state index contributed by atoms with van der Waals surface area (Å²) in [5.74, 6) is 0.956. The number of nitrogens with one attached hydrogen (secondary N) is 2. The largest absolute Gasteiger partial charge is 0.342 e. The van der Waals surface area contributed by atoms with Gasteiger partial charge in [-0.25, -0.2) is 4.79 Å². The summed E-state index contributed by atoms with van der Waals surface area (Å²) in [6, 6.07) is -0.0400. The van der Waals surface area contributed by atoms with Crippen LogP contribution in [0.4, 0.5) is 4.79 Å². The van der Waals surface area contributed by atoms with E-state index in [1.165, 1.54) is 6.42 Å². The van der Waals surface area contributed by atoms with Crippen molar-refractivity contribution in [3.05, 3.63) is 0 Å². The zero-order chi connectivity index (χ0) is 16.3. The fourth-order valence-corrected chi connectivity index (χ4v) is 3.23. The normalized spacial score (nSPS) is 24.4. The number of urea groups is 1. The molecule has 1 aliphatic heterocycles.